The van der Waals surface area contributed by atoms with Gasteiger partial charge >= 0.3 is 0 Å². The first kappa shape index (κ1) is 47.2. The Morgan fingerprint density at radius 1 is 0.474 bits per heavy atom. The van der Waals surface area contributed by atoms with Crippen molar-refractivity contribution in [3.05, 3.63) is 201 Å². The van der Waals surface area contributed by atoms with Crippen LogP contribution in [-0.4, -0.2) is 6.71 Å². The summed E-state index contributed by atoms with van der Waals surface area (Å²) >= 11 is 0. The van der Waals surface area contributed by atoms with E-state index in [-0.39, 0.29) is 39.2 Å². The number of rotatable bonds is 5. The summed E-state index contributed by atoms with van der Waals surface area (Å²) in [5, 5.41) is 0. The van der Waals surface area contributed by atoms with Crippen LogP contribution in [0.3, 0.4) is 0 Å². The number of hydrogen-bond acceptors (Lipinski definition) is 3. The third kappa shape index (κ3) is 7.50. The molecule has 394 valence electrons. The molecular formula is C74H80BN3. The molecule has 5 aliphatic rings. The summed E-state index contributed by atoms with van der Waals surface area (Å²) in [5.41, 5.74) is 27.0. The molecule has 0 spiro atoms. The van der Waals surface area contributed by atoms with E-state index in [0.29, 0.717) is 5.56 Å². The Bertz CT molecular complexity index is 3960. The highest BCUT2D eigenvalue weighted by Crippen LogP contribution is 2.57. The van der Waals surface area contributed by atoms with Crippen molar-refractivity contribution >= 4 is 74.3 Å². The first-order chi connectivity index (χ1) is 38.0. The van der Waals surface area contributed by atoms with Gasteiger partial charge in [0.25, 0.3) is 6.71 Å². The fraction of sp³-hybridized carbons (Fsp3) is 0.351. The maximum absolute atomic E-state index is 9.45. The number of benzene rings is 8. The second-order valence-corrected chi connectivity index (χ2v) is 28.3. The molecule has 13 rings (SSSR count). The zero-order chi connectivity index (χ0) is 57.5. The number of nitrogens with zero attached hydrogens (tertiary/aromatic N) is 3. The van der Waals surface area contributed by atoms with Crippen LogP contribution in [-0.2, 0) is 32.5 Å². The van der Waals surface area contributed by atoms with Gasteiger partial charge in [-0.05, 0) is 229 Å². The van der Waals surface area contributed by atoms with Gasteiger partial charge in [-0.3, -0.25) is 0 Å². The van der Waals surface area contributed by atoms with Crippen LogP contribution >= 0.6 is 0 Å². The SMILES string of the molecule is [2H]C([2H])([2H])c1cc2c3c(c1)N(c1ccc4c(c1)C(C)(C)CCC4(C)C)c1cc4c(cc1B3c1ccc(N(c3cccc(C)c3)c3ccccc3C)cc1N2c1cc2c(c(C(C)(C)C)c1)C(C)(C)c1ccccc1-2)C(C)(C)CCC4(C)C. The standard InChI is InChI=1S/C74H80BN3/c1-45-22-21-24-48(36-45)76(62-27-20-17-23-47(62)3)50-29-31-60-63(42-50)78(51-39-53-52-25-18-19-26-54(52)74(15,16)67(53)59(41-51)69(4,5)6)66-38-46(2)37-65-68(66)75(60)61-43-57-58(73(13,14)35-34-72(57,11)12)44-64(61)77(65)49-28-30-55-56(40-49)71(9,10)33-32-70(55,7)8/h17-31,36-44H,32-35H2,1-16H3/i2D3. The summed E-state index contributed by atoms with van der Waals surface area (Å²) in [7, 11) is 0. The Morgan fingerprint density at radius 3 is 1.74 bits per heavy atom. The Hall–Kier alpha value is -6.78. The maximum Gasteiger partial charge on any atom is 0.252 e. The molecule has 0 amide bonds. The molecule has 2 aliphatic heterocycles. The number of hydrogen-bond donors (Lipinski definition) is 0. The van der Waals surface area contributed by atoms with E-state index in [0.717, 1.165) is 82.3 Å². The Kier molecular flexibility index (Phi) is 10.2. The van der Waals surface area contributed by atoms with Crippen LogP contribution in [0.15, 0.2) is 146 Å². The van der Waals surface area contributed by atoms with Crippen molar-refractivity contribution in [2.75, 3.05) is 14.7 Å². The molecule has 8 aromatic carbocycles. The molecule has 2 heterocycles. The zero-order valence-corrected chi connectivity index (χ0v) is 49.1. The van der Waals surface area contributed by atoms with Gasteiger partial charge in [-0.15, -0.1) is 0 Å². The molecule has 0 atom stereocenters. The van der Waals surface area contributed by atoms with E-state index in [1.165, 1.54) is 72.1 Å². The van der Waals surface area contributed by atoms with E-state index in [9.17, 15) is 4.11 Å². The van der Waals surface area contributed by atoms with Crippen molar-refractivity contribution in [2.24, 2.45) is 0 Å². The lowest BCUT2D eigenvalue weighted by molar-refractivity contribution is 0.332. The molecule has 0 unspecified atom stereocenters. The highest BCUT2D eigenvalue weighted by Gasteiger charge is 2.48. The molecule has 0 radical (unpaired) electrons. The Balaban J connectivity index is 1.19. The van der Waals surface area contributed by atoms with E-state index in [1.807, 2.05) is 12.1 Å². The topological polar surface area (TPSA) is 9.72 Å². The molecule has 0 aromatic heterocycles. The molecule has 0 N–H and O–H groups in total. The van der Waals surface area contributed by atoms with Crippen LogP contribution < -0.4 is 31.1 Å². The van der Waals surface area contributed by atoms with Gasteiger partial charge in [0.2, 0.25) is 0 Å². The monoisotopic (exact) mass is 1020 g/mol. The smallest absolute Gasteiger partial charge is 0.252 e. The van der Waals surface area contributed by atoms with Crippen molar-refractivity contribution in [2.45, 2.75) is 169 Å². The van der Waals surface area contributed by atoms with Gasteiger partial charge < -0.3 is 14.7 Å². The van der Waals surface area contributed by atoms with Crippen molar-refractivity contribution in [1.82, 2.24) is 0 Å². The molecule has 3 aliphatic carbocycles. The van der Waals surface area contributed by atoms with Crippen molar-refractivity contribution in [3.63, 3.8) is 0 Å². The predicted octanol–water partition coefficient (Wildman–Crippen LogP) is 18.5. The first-order valence-electron chi connectivity index (χ1n) is 30.5. The van der Waals surface area contributed by atoms with Crippen molar-refractivity contribution in [3.8, 4) is 11.1 Å². The van der Waals surface area contributed by atoms with E-state index < -0.39 is 6.85 Å². The largest absolute Gasteiger partial charge is 0.311 e. The summed E-state index contributed by atoms with van der Waals surface area (Å²) in [4.78, 5) is 7.39. The molecule has 0 fully saturated rings. The van der Waals surface area contributed by atoms with Crippen LogP contribution in [0.5, 0.6) is 0 Å². The summed E-state index contributed by atoms with van der Waals surface area (Å²) in [6.07, 6.45) is 4.39. The van der Waals surface area contributed by atoms with Gasteiger partial charge in [0.05, 0.1) is 0 Å². The number of para-hydroxylation sites is 1. The quantitative estimate of drug-likeness (QED) is 0.159. The van der Waals surface area contributed by atoms with Gasteiger partial charge in [0.15, 0.2) is 0 Å². The fourth-order valence-electron chi connectivity index (χ4n) is 15.1. The highest BCUT2D eigenvalue weighted by atomic mass is 15.2. The number of anilines is 9. The predicted molar refractivity (Wildman–Crippen MR) is 336 cm³/mol. The van der Waals surface area contributed by atoms with Crippen LogP contribution in [0, 0.1) is 20.7 Å². The van der Waals surface area contributed by atoms with Gasteiger partial charge in [0.1, 0.15) is 0 Å². The molecule has 78 heavy (non-hydrogen) atoms. The van der Waals surface area contributed by atoms with E-state index in [1.54, 1.807) is 0 Å². The third-order valence-corrected chi connectivity index (χ3v) is 19.7. The van der Waals surface area contributed by atoms with Gasteiger partial charge in [-0.25, -0.2) is 0 Å². The molecule has 4 heteroatoms. The second kappa shape index (κ2) is 16.9. The van der Waals surface area contributed by atoms with Crippen molar-refractivity contribution < 1.29 is 4.11 Å². The average molecular weight is 1030 g/mol. The lowest BCUT2D eigenvalue weighted by Crippen LogP contribution is -2.62. The van der Waals surface area contributed by atoms with Crippen LogP contribution in [0.25, 0.3) is 11.1 Å². The second-order valence-electron chi connectivity index (χ2n) is 28.3. The minimum absolute atomic E-state index is 0.0258. The van der Waals surface area contributed by atoms with E-state index in [2.05, 4.69) is 252 Å². The molecule has 0 saturated carbocycles. The van der Waals surface area contributed by atoms with Crippen LogP contribution in [0.4, 0.5) is 51.2 Å². The summed E-state index contributed by atoms with van der Waals surface area (Å²) in [5.74, 6) is 0. The van der Waals surface area contributed by atoms with Gasteiger partial charge in [-0.1, -0.05) is 163 Å². The number of fused-ring (bicyclic) bond motifs is 9. The summed E-state index contributed by atoms with van der Waals surface area (Å²) < 4.78 is 28.4. The van der Waals surface area contributed by atoms with Crippen LogP contribution in [0.2, 0.25) is 0 Å². The van der Waals surface area contributed by atoms with Gasteiger partial charge in [-0.2, -0.15) is 0 Å². The zero-order valence-electron chi connectivity index (χ0n) is 52.1. The van der Waals surface area contributed by atoms with Gasteiger partial charge in [0, 0.05) is 60.7 Å². The molecule has 3 nitrogen and oxygen atoms in total. The van der Waals surface area contributed by atoms with Crippen LogP contribution in [0.1, 0.15) is 175 Å². The summed E-state index contributed by atoms with van der Waals surface area (Å²) in [6, 6.07) is 55.0. The fourth-order valence-corrected chi connectivity index (χ4v) is 15.1. The first-order valence-corrected chi connectivity index (χ1v) is 29.0. The lowest BCUT2D eigenvalue weighted by Gasteiger charge is -2.48. The third-order valence-electron chi connectivity index (χ3n) is 19.7. The Labute approximate surface area is 472 Å². The average Bonchev–Trinajstić information content (AvgIpc) is 1.85. The van der Waals surface area contributed by atoms with E-state index in [4.69, 9.17) is 0 Å². The minimum atomic E-state index is -2.42. The molecule has 0 saturated heterocycles. The molecule has 8 aromatic rings. The minimum Gasteiger partial charge on any atom is -0.311 e. The van der Waals surface area contributed by atoms with Crippen molar-refractivity contribution in [1.29, 1.82) is 0 Å². The summed E-state index contributed by atoms with van der Waals surface area (Å²) in [6.45, 7) is 32.9. The maximum atomic E-state index is 9.45. The lowest BCUT2D eigenvalue weighted by atomic mass is 9.33. The normalized spacial score (nSPS) is 19.0. The van der Waals surface area contributed by atoms with E-state index >= 15 is 0 Å². The highest BCUT2D eigenvalue weighted by molar-refractivity contribution is 7.00. The molecule has 0 bridgehead atoms. The number of aryl methyl sites for hydroxylation is 3. The Morgan fingerprint density at radius 2 is 1.08 bits per heavy atom. The molecular weight excluding hydrogens is 942 g/mol.